The Kier molecular flexibility index (Phi) is 3.81. The molecule has 0 radical (unpaired) electrons. The molecule has 1 aliphatic carbocycles. The highest BCUT2D eigenvalue weighted by Gasteiger charge is 2.29. The van der Waals surface area contributed by atoms with Gasteiger partial charge in [-0.3, -0.25) is 19.7 Å². The summed E-state index contributed by atoms with van der Waals surface area (Å²) < 4.78 is 0. The zero-order chi connectivity index (χ0) is 13.1. The molecule has 1 saturated carbocycles. The van der Waals surface area contributed by atoms with E-state index in [9.17, 15) is 14.4 Å². The van der Waals surface area contributed by atoms with Gasteiger partial charge in [0.05, 0.1) is 6.54 Å². The first-order valence-electron chi connectivity index (χ1n) is 6.17. The molecule has 1 aliphatic heterocycles. The van der Waals surface area contributed by atoms with Crippen LogP contribution in [0, 0.1) is 0 Å². The normalized spacial score (nSPS) is 24.9. The van der Waals surface area contributed by atoms with Crippen LogP contribution in [-0.2, 0) is 14.4 Å². The molecule has 2 fully saturated rings. The van der Waals surface area contributed by atoms with Gasteiger partial charge in [0.25, 0.3) is 0 Å². The molecule has 4 N–H and O–H groups in total. The SMILES string of the molecule is CC(NC(=O)C1CNC(=O)CN1)C(=O)NC1CC1. The number of rotatable bonds is 4. The Morgan fingerprint density at radius 2 is 2.11 bits per heavy atom. The highest BCUT2D eigenvalue weighted by atomic mass is 16.2. The fourth-order valence-electron chi connectivity index (χ4n) is 1.69. The molecule has 1 heterocycles. The summed E-state index contributed by atoms with van der Waals surface area (Å²) in [5.41, 5.74) is 0. The minimum absolute atomic E-state index is 0.126. The maximum Gasteiger partial charge on any atom is 0.242 e. The summed E-state index contributed by atoms with van der Waals surface area (Å²) in [6.07, 6.45) is 2.03. The van der Waals surface area contributed by atoms with E-state index in [0.717, 1.165) is 12.8 Å². The summed E-state index contributed by atoms with van der Waals surface area (Å²) in [4.78, 5) is 34.4. The van der Waals surface area contributed by atoms with Crippen LogP contribution in [0.4, 0.5) is 0 Å². The molecule has 100 valence electrons. The van der Waals surface area contributed by atoms with E-state index in [4.69, 9.17) is 0 Å². The van der Waals surface area contributed by atoms with Crippen molar-refractivity contribution in [3.63, 3.8) is 0 Å². The van der Waals surface area contributed by atoms with Crippen molar-refractivity contribution in [1.29, 1.82) is 0 Å². The van der Waals surface area contributed by atoms with Gasteiger partial charge in [-0.25, -0.2) is 0 Å². The quantitative estimate of drug-likeness (QED) is 0.460. The molecule has 0 aromatic rings. The second-order valence-electron chi connectivity index (χ2n) is 4.75. The molecule has 2 unspecified atom stereocenters. The van der Waals surface area contributed by atoms with Gasteiger partial charge in [0.2, 0.25) is 17.7 Å². The van der Waals surface area contributed by atoms with E-state index in [-0.39, 0.29) is 36.9 Å². The Hall–Kier alpha value is -1.63. The molecule has 7 heteroatoms. The molecule has 2 atom stereocenters. The molecule has 2 rings (SSSR count). The van der Waals surface area contributed by atoms with Crippen LogP contribution in [0.2, 0.25) is 0 Å². The summed E-state index contributed by atoms with van der Waals surface area (Å²) in [7, 11) is 0. The summed E-state index contributed by atoms with van der Waals surface area (Å²) in [6.45, 7) is 2.03. The monoisotopic (exact) mass is 254 g/mol. The first kappa shape index (κ1) is 12.8. The Labute approximate surface area is 105 Å². The lowest BCUT2D eigenvalue weighted by Crippen LogP contribution is -2.60. The van der Waals surface area contributed by atoms with Crippen LogP contribution in [0.5, 0.6) is 0 Å². The lowest BCUT2D eigenvalue weighted by atomic mass is 10.2. The lowest BCUT2D eigenvalue weighted by Gasteiger charge is -2.24. The molecule has 0 aromatic carbocycles. The average Bonchev–Trinajstić information content (AvgIpc) is 3.13. The molecule has 18 heavy (non-hydrogen) atoms. The number of carbonyl (C=O) groups excluding carboxylic acids is 3. The molecule has 2 aliphatic rings. The third-order valence-electron chi connectivity index (χ3n) is 3.00. The van der Waals surface area contributed by atoms with Gasteiger partial charge in [-0.05, 0) is 19.8 Å². The van der Waals surface area contributed by atoms with Crippen molar-refractivity contribution in [1.82, 2.24) is 21.3 Å². The summed E-state index contributed by atoms with van der Waals surface area (Å²) in [5, 5.41) is 10.9. The number of hydrogen-bond acceptors (Lipinski definition) is 4. The first-order valence-corrected chi connectivity index (χ1v) is 6.17. The van der Waals surface area contributed by atoms with Crippen molar-refractivity contribution in [2.75, 3.05) is 13.1 Å². The smallest absolute Gasteiger partial charge is 0.242 e. The highest BCUT2D eigenvalue weighted by molar-refractivity contribution is 5.91. The highest BCUT2D eigenvalue weighted by Crippen LogP contribution is 2.18. The number of nitrogens with one attached hydrogen (secondary N) is 4. The standard InChI is InChI=1S/C11H18N4O3/c1-6(10(17)15-7-2-3-7)14-11(18)8-4-13-9(16)5-12-8/h6-8,12H,2-5H2,1H3,(H,13,16)(H,14,18)(H,15,17). The predicted octanol–water partition coefficient (Wildman–Crippen LogP) is -2.14. The van der Waals surface area contributed by atoms with Crippen molar-refractivity contribution >= 4 is 17.7 Å². The number of hydrogen-bond donors (Lipinski definition) is 4. The second kappa shape index (κ2) is 5.34. The van der Waals surface area contributed by atoms with E-state index < -0.39 is 12.1 Å². The molecule has 3 amide bonds. The zero-order valence-electron chi connectivity index (χ0n) is 10.3. The van der Waals surface area contributed by atoms with Gasteiger partial charge in [-0.15, -0.1) is 0 Å². The van der Waals surface area contributed by atoms with Gasteiger partial charge in [-0.2, -0.15) is 0 Å². The molecule has 7 nitrogen and oxygen atoms in total. The van der Waals surface area contributed by atoms with Gasteiger partial charge < -0.3 is 16.0 Å². The summed E-state index contributed by atoms with van der Waals surface area (Å²) >= 11 is 0. The number of carbonyl (C=O) groups is 3. The fourth-order valence-corrected chi connectivity index (χ4v) is 1.69. The van der Waals surface area contributed by atoms with Gasteiger partial charge in [0.1, 0.15) is 12.1 Å². The first-order chi connectivity index (χ1) is 8.56. The van der Waals surface area contributed by atoms with Crippen LogP contribution < -0.4 is 21.3 Å². The van der Waals surface area contributed by atoms with E-state index in [1.165, 1.54) is 0 Å². The van der Waals surface area contributed by atoms with E-state index in [1.54, 1.807) is 6.92 Å². The molecule has 0 bridgehead atoms. The summed E-state index contributed by atoms with van der Waals surface area (Å²) in [6, 6.07) is -0.750. The minimum Gasteiger partial charge on any atom is -0.353 e. The van der Waals surface area contributed by atoms with Crippen molar-refractivity contribution < 1.29 is 14.4 Å². The van der Waals surface area contributed by atoms with Gasteiger partial charge in [0.15, 0.2) is 0 Å². The van der Waals surface area contributed by atoms with Gasteiger partial charge >= 0.3 is 0 Å². The van der Waals surface area contributed by atoms with Crippen molar-refractivity contribution in [2.45, 2.75) is 37.9 Å². The zero-order valence-corrected chi connectivity index (χ0v) is 10.3. The average molecular weight is 254 g/mol. The molecule has 0 spiro atoms. The van der Waals surface area contributed by atoms with Crippen LogP contribution in [0.3, 0.4) is 0 Å². The Morgan fingerprint density at radius 1 is 1.39 bits per heavy atom. The van der Waals surface area contributed by atoms with Crippen LogP contribution in [-0.4, -0.2) is 48.9 Å². The van der Waals surface area contributed by atoms with Gasteiger partial charge in [0, 0.05) is 12.6 Å². The van der Waals surface area contributed by atoms with E-state index >= 15 is 0 Å². The number of piperazine rings is 1. The van der Waals surface area contributed by atoms with Gasteiger partial charge in [-0.1, -0.05) is 0 Å². The van der Waals surface area contributed by atoms with Crippen LogP contribution in [0.15, 0.2) is 0 Å². The largest absolute Gasteiger partial charge is 0.353 e. The molecular formula is C11H18N4O3. The van der Waals surface area contributed by atoms with E-state index in [1.807, 2.05) is 0 Å². The second-order valence-corrected chi connectivity index (χ2v) is 4.75. The maximum absolute atomic E-state index is 11.8. The van der Waals surface area contributed by atoms with E-state index in [0.29, 0.717) is 0 Å². The fraction of sp³-hybridized carbons (Fsp3) is 0.727. The van der Waals surface area contributed by atoms with Crippen LogP contribution in [0.1, 0.15) is 19.8 Å². The Balaban J connectivity index is 1.75. The van der Waals surface area contributed by atoms with Crippen molar-refractivity contribution in [3.05, 3.63) is 0 Å². The Morgan fingerprint density at radius 3 is 2.67 bits per heavy atom. The third kappa shape index (κ3) is 3.43. The van der Waals surface area contributed by atoms with Crippen LogP contribution in [0.25, 0.3) is 0 Å². The van der Waals surface area contributed by atoms with Crippen molar-refractivity contribution in [2.24, 2.45) is 0 Å². The Bertz CT molecular complexity index is 357. The number of amides is 3. The lowest BCUT2D eigenvalue weighted by molar-refractivity contribution is -0.131. The minimum atomic E-state index is -0.558. The van der Waals surface area contributed by atoms with Crippen LogP contribution >= 0.6 is 0 Å². The summed E-state index contributed by atoms with van der Waals surface area (Å²) in [5.74, 6) is -0.558. The van der Waals surface area contributed by atoms with E-state index in [2.05, 4.69) is 21.3 Å². The maximum atomic E-state index is 11.8. The molecule has 0 aromatic heterocycles. The molecular weight excluding hydrogens is 236 g/mol. The molecule has 1 saturated heterocycles. The van der Waals surface area contributed by atoms with Crippen molar-refractivity contribution in [3.8, 4) is 0 Å². The third-order valence-corrected chi connectivity index (χ3v) is 3.00. The topological polar surface area (TPSA) is 99.3 Å². The predicted molar refractivity (Wildman–Crippen MR) is 63.6 cm³/mol.